The van der Waals surface area contributed by atoms with E-state index < -0.39 is 0 Å². The number of nitrogens with zero attached hydrogens (tertiary/aromatic N) is 1. The summed E-state index contributed by atoms with van der Waals surface area (Å²) in [7, 11) is 55.7. The summed E-state index contributed by atoms with van der Waals surface area (Å²) in [5, 5.41) is 6.15. The Morgan fingerprint density at radius 2 is 0.883 bits per heavy atom. The summed E-state index contributed by atoms with van der Waals surface area (Å²) in [6.07, 6.45) is 0. The highest BCUT2D eigenvalue weighted by atomic mass is 16.3. The number of rotatable bonds is 6. The summed E-state index contributed by atoms with van der Waals surface area (Å²) in [4.78, 5) is 1.98. The van der Waals surface area contributed by atoms with E-state index in [1.165, 1.54) is 0 Å². The molecule has 1 heterocycles. The highest BCUT2D eigenvalue weighted by molar-refractivity contribution is 6.67. The average molecular weight is 742 g/mol. The van der Waals surface area contributed by atoms with Crippen molar-refractivity contribution in [3.63, 3.8) is 0 Å². The Bertz CT molecular complexity index is 3310. The molecule has 0 saturated carbocycles. The number of fused-ring (bicyclic) bond motifs is 5. The Labute approximate surface area is 359 Å². The van der Waals surface area contributed by atoms with Gasteiger partial charge >= 0.3 is 0 Å². The third-order valence-corrected chi connectivity index (χ3v) is 11.6. The quantitative estimate of drug-likeness (QED) is 0.230. The molecule has 2 nitrogen and oxygen atoms in total. The first-order valence-electron chi connectivity index (χ1n) is 19.4. The molecular formula is C50H25B8NO. The van der Waals surface area contributed by atoms with E-state index in [0.29, 0.717) is 11.3 Å². The summed E-state index contributed by atoms with van der Waals surface area (Å²) >= 11 is 0. The van der Waals surface area contributed by atoms with Gasteiger partial charge in [-0.2, -0.15) is 0 Å². The van der Waals surface area contributed by atoms with Crippen LogP contribution in [0.25, 0.3) is 76.9 Å². The monoisotopic (exact) mass is 743 g/mol. The highest BCUT2D eigenvalue weighted by Crippen LogP contribution is 2.40. The minimum Gasteiger partial charge on any atom is -0.455 e. The van der Waals surface area contributed by atoms with E-state index in [1.807, 2.05) is 126 Å². The van der Waals surface area contributed by atoms with Crippen molar-refractivity contribution in [2.75, 3.05) is 4.90 Å². The van der Waals surface area contributed by atoms with Crippen LogP contribution in [0.1, 0.15) is 0 Å². The van der Waals surface area contributed by atoms with Crippen molar-refractivity contribution >= 4 is 167 Å². The fourth-order valence-electron chi connectivity index (χ4n) is 8.64. The Hall–Kier alpha value is -6.38. The van der Waals surface area contributed by atoms with Crippen molar-refractivity contribution in [3.8, 4) is 33.4 Å². The van der Waals surface area contributed by atoms with Gasteiger partial charge in [-0.15, -0.1) is 0 Å². The molecule has 9 aromatic carbocycles. The van der Waals surface area contributed by atoms with Crippen molar-refractivity contribution in [2.24, 2.45) is 0 Å². The van der Waals surface area contributed by atoms with Crippen LogP contribution in [0.3, 0.4) is 0 Å². The molecule has 0 N–H and O–H groups in total. The van der Waals surface area contributed by atoms with Crippen LogP contribution in [-0.2, 0) is 0 Å². The van der Waals surface area contributed by atoms with Gasteiger partial charge in [-0.1, -0.05) is 165 Å². The number of hydrogen-bond acceptors (Lipinski definition) is 2. The van der Waals surface area contributed by atoms with E-state index in [9.17, 15) is 0 Å². The van der Waals surface area contributed by atoms with Gasteiger partial charge in [0, 0.05) is 33.1 Å². The lowest BCUT2D eigenvalue weighted by Gasteiger charge is -2.34. The second kappa shape index (κ2) is 14.7. The van der Waals surface area contributed by atoms with Crippen molar-refractivity contribution < 1.29 is 4.42 Å². The first-order chi connectivity index (χ1) is 29.1. The number of para-hydroxylation sites is 2. The van der Waals surface area contributed by atoms with Gasteiger partial charge in [-0.3, -0.25) is 0 Å². The Morgan fingerprint density at radius 3 is 1.58 bits per heavy atom. The molecular weight excluding hydrogens is 717 g/mol. The molecule has 0 bridgehead atoms. The molecule has 10 heteroatoms. The molecule has 0 fully saturated rings. The van der Waals surface area contributed by atoms with E-state index in [1.54, 1.807) is 0 Å². The fraction of sp³-hybridized carbons (Fsp3) is 0. The van der Waals surface area contributed by atoms with E-state index in [-0.39, 0.29) is 54.8 Å². The van der Waals surface area contributed by atoms with E-state index >= 15 is 0 Å². The topological polar surface area (TPSA) is 16.4 Å². The van der Waals surface area contributed by atoms with Crippen molar-refractivity contribution in [2.45, 2.75) is 0 Å². The van der Waals surface area contributed by atoms with Gasteiger partial charge in [0.05, 0.1) is 5.69 Å². The molecule has 60 heavy (non-hydrogen) atoms. The maximum absolute atomic E-state index is 7.12. The van der Waals surface area contributed by atoms with Gasteiger partial charge in [0.15, 0.2) is 0 Å². The standard InChI is InChI=1S/C50H25B8NO/c51-41-38(30-20-19-26-9-1-2-11-29(26)25-30)42(52)44(54)39(43(41)53)40-45(55)47(57)49(48(58)46(40)56)59(36-17-7-12-27-10-3-4-13-32(27)36)31-23-21-28(22-24-31)33-15-8-16-35-34-14-5-6-18-37(34)60-50(33)35/h1-25H. The molecule has 0 spiro atoms. The zero-order valence-corrected chi connectivity index (χ0v) is 32.4. The number of benzene rings is 9. The lowest BCUT2D eigenvalue weighted by Crippen LogP contribution is -2.51. The minimum atomic E-state index is 0.116. The SMILES string of the molecule is [B]c1c([B])c(-c2c([B])c([B])c(N(c3ccc(-c4cccc5c4oc4ccccc45)cc3)c3cccc4ccccc34)c([B])c2[B])c([B])c([B])c1-c1ccc2ccccc2c1. The molecule has 0 atom stereocenters. The average Bonchev–Trinajstić information content (AvgIpc) is 3.67. The predicted octanol–water partition coefficient (Wildman–Crippen LogP) is 4.71. The second-order valence-corrected chi connectivity index (χ2v) is 15.0. The zero-order chi connectivity index (χ0) is 41.4. The first kappa shape index (κ1) is 37.9. The smallest absolute Gasteiger partial charge is 0.143 e. The summed E-state index contributed by atoms with van der Waals surface area (Å²) in [6, 6.07) is 50.4. The number of anilines is 3. The van der Waals surface area contributed by atoms with Crippen molar-refractivity contribution in [3.05, 3.63) is 152 Å². The lowest BCUT2D eigenvalue weighted by molar-refractivity contribution is 0.670. The number of hydrogen-bond donors (Lipinski definition) is 0. The Balaban J connectivity index is 1.15. The van der Waals surface area contributed by atoms with Crippen LogP contribution in [0.5, 0.6) is 0 Å². The highest BCUT2D eigenvalue weighted by Gasteiger charge is 2.25. The van der Waals surface area contributed by atoms with Gasteiger partial charge < -0.3 is 9.32 Å². The Morgan fingerprint density at radius 1 is 0.367 bits per heavy atom. The molecule has 0 amide bonds. The largest absolute Gasteiger partial charge is 0.455 e. The summed E-state index contributed by atoms with van der Waals surface area (Å²) in [5.41, 5.74) is 8.60. The predicted molar refractivity (Wildman–Crippen MR) is 263 cm³/mol. The van der Waals surface area contributed by atoms with Gasteiger partial charge in [-0.05, 0) is 74.3 Å². The summed E-state index contributed by atoms with van der Waals surface area (Å²) in [5.74, 6) is 0. The van der Waals surface area contributed by atoms with Crippen LogP contribution < -0.4 is 48.6 Å². The second-order valence-electron chi connectivity index (χ2n) is 15.0. The normalized spacial score (nSPS) is 11.5. The molecule has 10 rings (SSSR count). The van der Waals surface area contributed by atoms with E-state index in [0.717, 1.165) is 71.5 Å². The minimum absolute atomic E-state index is 0.116. The molecule has 10 aromatic rings. The molecule has 0 aliphatic rings. The van der Waals surface area contributed by atoms with Gasteiger partial charge in [0.2, 0.25) is 0 Å². The van der Waals surface area contributed by atoms with Gasteiger partial charge in [-0.25, -0.2) is 0 Å². The summed E-state index contributed by atoms with van der Waals surface area (Å²) < 4.78 is 6.38. The summed E-state index contributed by atoms with van der Waals surface area (Å²) in [6.45, 7) is 0. The molecule has 0 saturated heterocycles. The van der Waals surface area contributed by atoms with Crippen molar-refractivity contribution in [1.29, 1.82) is 0 Å². The van der Waals surface area contributed by atoms with Crippen LogP contribution in [0.2, 0.25) is 0 Å². The third-order valence-electron chi connectivity index (χ3n) is 11.6. The Kier molecular flexibility index (Phi) is 9.28. The molecule has 260 valence electrons. The number of furan rings is 1. The fourth-order valence-corrected chi connectivity index (χ4v) is 8.64. The van der Waals surface area contributed by atoms with Crippen molar-refractivity contribution in [1.82, 2.24) is 0 Å². The third kappa shape index (κ3) is 5.91. The zero-order valence-electron chi connectivity index (χ0n) is 32.4. The lowest BCUT2D eigenvalue weighted by atomic mass is 9.58. The van der Waals surface area contributed by atoms with Gasteiger partial charge in [0.25, 0.3) is 0 Å². The van der Waals surface area contributed by atoms with E-state index in [2.05, 4.69) is 30.3 Å². The molecule has 1 aromatic heterocycles. The maximum atomic E-state index is 7.12. The van der Waals surface area contributed by atoms with Gasteiger partial charge in [0.1, 0.15) is 73.9 Å². The van der Waals surface area contributed by atoms with E-state index in [4.69, 9.17) is 67.2 Å². The molecule has 0 unspecified atom stereocenters. The van der Waals surface area contributed by atoms with Crippen LogP contribution in [0.15, 0.2) is 156 Å². The van der Waals surface area contributed by atoms with Crippen LogP contribution in [-0.4, -0.2) is 62.8 Å². The molecule has 0 aliphatic heterocycles. The van der Waals surface area contributed by atoms with Crippen LogP contribution >= 0.6 is 0 Å². The molecule has 16 radical (unpaired) electrons. The molecule has 0 aliphatic carbocycles. The maximum Gasteiger partial charge on any atom is 0.143 e. The van der Waals surface area contributed by atoms with Crippen LogP contribution in [0.4, 0.5) is 17.1 Å². The first-order valence-corrected chi connectivity index (χ1v) is 19.4. The van der Waals surface area contributed by atoms with Crippen LogP contribution in [0, 0.1) is 0 Å².